The van der Waals surface area contributed by atoms with Gasteiger partial charge in [0.1, 0.15) is 6.10 Å². The molecule has 1 atom stereocenters. The third-order valence-corrected chi connectivity index (χ3v) is 5.59. The van der Waals surface area contributed by atoms with Crippen molar-refractivity contribution in [2.75, 3.05) is 33.8 Å². The summed E-state index contributed by atoms with van der Waals surface area (Å²) >= 11 is 0. The van der Waals surface area contributed by atoms with E-state index >= 15 is 0 Å². The van der Waals surface area contributed by atoms with Crippen molar-refractivity contribution in [2.24, 2.45) is 5.73 Å². The number of para-hydroxylation sites is 1. The quantitative estimate of drug-likeness (QED) is 0.907. The van der Waals surface area contributed by atoms with E-state index in [1.807, 2.05) is 6.07 Å². The van der Waals surface area contributed by atoms with Crippen molar-refractivity contribution in [1.82, 2.24) is 4.90 Å². The summed E-state index contributed by atoms with van der Waals surface area (Å²) in [6.45, 7) is 2.82. The number of likely N-dealkylation sites (N-methyl/N-ethyl adjacent to an activating group) is 1. The number of benzene rings is 1. The van der Waals surface area contributed by atoms with Crippen LogP contribution in [0.2, 0.25) is 0 Å². The van der Waals surface area contributed by atoms with E-state index in [0.717, 1.165) is 43.9 Å². The smallest absolute Gasteiger partial charge is 0.165 e. The molecule has 23 heavy (non-hydrogen) atoms. The molecule has 2 fully saturated rings. The second kappa shape index (κ2) is 7.10. The van der Waals surface area contributed by atoms with E-state index in [-0.39, 0.29) is 11.5 Å². The normalized spacial score (nSPS) is 24.6. The van der Waals surface area contributed by atoms with Crippen LogP contribution in [0.5, 0.6) is 11.5 Å². The van der Waals surface area contributed by atoms with Crippen molar-refractivity contribution < 1.29 is 9.47 Å². The van der Waals surface area contributed by atoms with E-state index in [1.165, 1.54) is 24.8 Å². The van der Waals surface area contributed by atoms with Crippen LogP contribution < -0.4 is 15.2 Å². The topological polar surface area (TPSA) is 47.7 Å². The Morgan fingerprint density at radius 3 is 2.70 bits per heavy atom. The first-order valence-corrected chi connectivity index (χ1v) is 8.91. The minimum atomic E-state index is 0.0600. The highest BCUT2D eigenvalue weighted by Crippen LogP contribution is 2.47. The number of nitrogens with two attached hydrogens (primary N) is 1. The SMILES string of the molecule is COc1cccc(C2(CN)CCCC2)c1OC1CCCN(C)C1. The van der Waals surface area contributed by atoms with Gasteiger partial charge in [0.05, 0.1) is 7.11 Å². The second-order valence-corrected chi connectivity index (χ2v) is 7.17. The Morgan fingerprint density at radius 1 is 1.26 bits per heavy atom. The highest BCUT2D eigenvalue weighted by atomic mass is 16.5. The molecule has 4 heteroatoms. The Balaban J connectivity index is 1.93. The van der Waals surface area contributed by atoms with E-state index in [0.29, 0.717) is 6.54 Å². The lowest BCUT2D eigenvalue weighted by molar-refractivity contribution is 0.0988. The lowest BCUT2D eigenvalue weighted by Gasteiger charge is -2.34. The molecule has 0 bridgehead atoms. The van der Waals surface area contributed by atoms with Crippen molar-refractivity contribution in [3.63, 3.8) is 0 Å². The summed E-state index contributed by atoms with van der Waals surface area (Å²) in [7, 11) is 3.89. The minimum Gasteiger partial charge on any atom is -0.493 e. The fraction of sp³-hybridized carbons (Fsp3) is 0.684. The molecule has 1 aromatic carbocycles. The molecule has 0 aromatic heterocycles. The van der Waals surface area contributed by atoms with Gasteiger partial charge in [-0.05, 0) is 45.3 Å². The zero-order chi connectivity index (χ0) is 16.3. The van der Waals surface area contributed by atoms with E-state index in [9.17, 15) is 0 Å². The van der Waals surface area contributed by atoms with Crippen molar-refractivity contribution in [3.05, 3.63) is 23.8 Å². The predicted molar refractivity (Wildman–Crippen MR) is 93.3 cm³/mol. The summed E-state index contributed by atoms with van der Waals surface area (Å²) < 4.78 is 12.1. The Hall–Kier alpha value is -1.26. The summed E-state index contributed by atoms with van der Waals surface area (Å²) in [6.07, 6.45) is 7.33. The van der Waals surface area contributed by atoms with Crippen molar-refractivity contribution in [3.8, 4) is 11.5 Å². The van der Waals surface area contributed by atoms with Gasteiger partial charge in [0.25, 0.3) is 0 Å². The van der Waals surface area contributed by atoms with Gasteiger partial charge < -0.3 is 20.1 Å². The first-order chi connectivity index (χ1) is 11.2. The molecule has 0 spiro atoms. The monoisotopic (exact) mass is 318 g/mol. The van der Waals surface area contributed by atoms with E-state index in [1.54, 1.807) is 7.11 Å². The van der Waals surface area contributed by atoms with Gasteiger partial charge in [-0.2, -0.15) is 0 Å². The van der Waals surface area contributed by atoms with Crippen LogP contribution in [0.4, 0.5) is 0 Å². The van der Waals surface area contributed by atoms with Gasteiger partial charge in [-0.1, -0.05) is 25.0 Å². The molecular formula is C19H30N2O2. The van der Waals surface area contributed by atoms with Crippen LogP contribution in [0.3, 0.4) is 0 Å². The highest BCUT2D eigenvalue weighted by molar-refractivity contribution is 5.51. The third kappa shape index (κ3) is 3.33. The van der Waals surface area contributed by atoms with Gasteiger partial charge in [0.15, 0.2) is 11.5 Å². The molecule has 1 unspecified atom stereocenters. The van der Waals surface area contributed by atoms with Crippen LogP contribution in [0.1, 0.15) is 44.1 Å². The summed E-state index contributed by atoms with van der Waals surface area (Å²) in [6, 6.07) is 6.27. The number of hydrogen-bond donors (Lipinski definition) is 1. The lowest BCUT2D eigenvalue weighted by Crippen LogP contribution is -2.39. The Labute approximate surface area is 139 Å². The van der Waals surface area contributed by atoms with Crippen LogP contribution >= 0.6 is 0 Å². The molecule has 1 saturated carbocycles. The maximum atomic E-state index is 6.50. The number of methoxy groups -OCH3 is 1. The van der Waals surface area contributed by atoms with Crippen molar-refractivity contribution >= 4 is 0 Å². The van der Waals surface area contributed by atoms with Gasteiger partial charge in [0, 0.05) is 24.1 Å². The van der Waals surface area contributed by atoms with Gasteiger partial charge in [-0.15, -0.1) is 0 Å². The molecule has 128 valence electrons. The Kier molecular flexibility index (Phi) is 5.12. The second-order valence-electron chi connectivity index (χ2n) is 7.17. The Bertz CT molecular complexity index is 526. The molecule has 0 amide bonds. The predicted octanol–water partition coefficient (Wildman–Crippen LogP) is 2.94. The first kappa shape index (κ1) is 16.6. The lowest BCUT2D eigenvalue weighted by atomic mass is 9.78. The standard InChI is InChI=1S/C19H30N2O2/c1-21-12-6-7-15(13-21)23-18-16(8-5-9-17(18)22-2)19(14-20)10-3-4-11-19/h5,8-9,15H,3-4,6-7,10-14,20H2,1-2H3. The largest absolute Gasteiger partial charge is 0.493 e. The molecule has 1 aliphatic carbocycles. The summed E-state index contributed by atoms with van der Waals surface area (Å²) in [5.74, 6) is 1.78. The fourth-order valence-corrected chi connectivity index (χ4v) is 4.23. The maximum Gasteiger partial charge on any atom is 0.165 e. The molecule has 3 rings (SSSR count). The molecule has 1 aliphatic heterocycles. The number of rotatable bonds is 5. The zero-order valence-electron chi connectivity index (χ0n) is 14.5. The maximum absolute atomic E-state index is 6.50. The van der Waals surface area contributed by atoms with Gasteiger partial charge >= 0.3 is 0 Å². The number of nitrogens with zero attached hydrogens (tertiary/aromatic N) is 1. The summed E-state index contributed by atoms with van der Waals surface area (Å²) in [5, 5.41) is 0. The van der Waals surface area contributed by atoms with Crippen LogP contribution in [0.25, 0.3) is 0 Å². The number of piperidine rings is 1. The van der Waals surface area contributed by atoms with Crippen molar-refractivity contribution in [2.45, 2.75) is 50.0 Å². The van der Waals surface area contributed by atoms with Crippen LogP contribution in [-0.4, -0.2) is 44.8 Å². The first-order valence-electron chi connectivity index (χ1n) is 8.91. The zero-order valence-corrected chi connectivity index (χ0v) is 14.5. The number of ether oxygens (including phenoxy) is 2. The van der Waals surface area contributed by atoms with E-state index in [2.05, 4.69) is 24.1 Å². The van der Waals surface area contributed by atoms with Crippen molar-refractivity contribution in [1.29, 1.82) is 0 Å². The molecule has 2 aliphatic rings. The van der Waals surface area contributed by atoms with Crippen LogP contribution in [0.15, 0.2) is 18.2 Å². The number of likely N-dealkylation sites (tertiary alicyclic amines) is 1. The molecule has 0 radical (unpaired) electrons. The van der Waals surface area contributed by atoms with E-state index in [4.69, 9.17) is 15.2 Å². The van der Waals surface area contributed by atoms with Gasteiger partial charge in [0.2, 0.25) is 0 Å². The summed E-state index contributed by atoms with van der Waals surface area (Å²) in [5.41, 5.74) is 7.53. The van der Waals surface area contributed by atoms with Gasteiger partial charge in [-0.3, -0.25) is 0 Å². The van der Waals surface area contributed by atoms with Crippen LogP contribution in [0, 0.1) is 0 Å². The molecule has 1 saturated heterocycles. The average Bonchev–Trinajstić information content (AvgIpc) is 3.05. The van der Waals surface area contributed by atoms with Gasteiger partial charge in [-0.25, -0.2) is 0 Å². The third-order valence-electron chi connectivity index (χ3n) is 5.59. The average molecular weight is 318 g/mol. The Morgan fingerprint density at radius 2 is 2.04 bits per heavy atom. The summed E-state index contributed by atoms with van der Waals surface area (Å²) in [4.78, 5) is 2.34. The highest BCUT2D eigenvalue weighted by Gasteiger charge is 2.38. The molecular weight excluding hydrogens is 288 g/mol. The number of hydrogen-bond acceptors (Lipinski definition) is 4. The molecule has 2 N–H and O–H groups in total. The van der Waals surface area contributed by atoms with E-state index < -0.39 is 0 Å². The molecule has 1 heterocycles. The molecule has 4 nitrogen and oxygen atoms in total. The van der Waals surface area contributed by atoms with Crippen LogP contribution in [-0.2, 0) is 5.41 Å². The molecule has 1 aromatic rings. The fourth-order valence-electron chi connectivity index (χ4n) is 4.23. The minimum absolute atomic E-state index is 0.0600.